The zero-order valence-corrected chi connectivity index (χ0v) is 9.26. The molecule has 2 rings (SSSR count). The highest BCUT2D eigenvalue weighted by atomic mass is 32.1. The van der Waals surface area contributed by atoms with E-state index in [1.807, 2.05) is 19.1 Å². The van der Waals surface area contributed by atoms with E-state index in [4.69, 9.17) is 0 Å². The topological polar surface area (TPSA) is 49.4 Å². The smallest absolute Gasteiger partial charge is 0.242 e. The first kappa shape index (κ1) is 10.2. The summed E-state index contributed by atoms with van der Waals surface area (Å²) in [6.07, 6.45) is 0. The van der Waals surface area contributed by atoms with Crippen molar-refractivity contribution in [2.24, 2.45) is 0 Å². The Kier molecular flexibility index (Phi) is 2.73. The van der Waals surface area contributed by atoms with Crippen LogP contribution >= 0.6 is 11.3 Å². The third-order valence-electron chi connectivity index (χ3n) is 2.27. The molecule has 80 valence electrons. The molecule has 0 aliphatic carbocycles. The molecule has 1 aromatic heterocycles. The van der Waals surface area contributed by atoms with Crippen molar-refractivity contribution in [1.29, 1.82) is 0 Å². The minimum absolute atomic E-state index is 0.0133. The van der Waals surface area contributed by atoms with E-state index < -0.39 is 0 Å². The van der Waals surface area contributed by atoms with Crippen molar-refractivity contribution >= 4 is 23.2 Å². The molecule has 0 bridgehead atoms. The first-order chi connectivity index (χ1) is 7.15. The number of hydrogen-bond acceptors (Lipinski definition) is 3. The normalized spacial score (nSPS) is 16.7. The molecular formula is C10H12N2O2S. The van der Waals surface area contributed by atoms with Crippen LogP contribution in [0.3, 0.4) is 0 Å². The highest BCUT2D eigenvalue weighted by molar-refractivity contribution is 7.11. The lowest BCUT2D eigenvalue weighted by atomic mass is 10.3. The standard InChI is InChI=1S/C10H12N2O2S/c1-7-2-3-8(15-7)5-12-6-9(13)11-4-10(12)14/h2-3H,4-6H2,1H3,(H,11,13). The molecule has 0 atom stereocenters. The predicted octanol–water partition coefficient (Wildman–Crippen LogP) is 0.515. The van der Waals surface area contributed by atoms with Crippen LogP contribution < -0.4 is 5.32 Å². The van der Waals surface area contributed by atoms with Gasteiger partial charge in [0.05, 0.1) is 19.6 Å². The Bertz CT molecular complexity index is 400. The molecule has 1 aliphatic rings. The summed E-state index contributed by atoms with van der Waals surface area (Å²) in [6.45, 7) is 2.88. The summed E-state index contributed by atoms with van der Waals surface area (Å²) in [4.78, 5) is 26.5. The van der Waals surface area contributed by atoms with Gasteiger partial charge >= 0.3 is 0 Å². The van der Waals surface area contributed by atoms with Gasteiger partial charge < -0.3 is 10.2 Å². The lowest BCUT2D eigenvalue weighted by Crippen LogP contribution is -2.50. The average Bonchev–Trinajstić information content (AvgIpc) is 2.58. The zero-order valence-electron chi connectivity index (χ0n) is 8.45. The van der Waals surface area contributed by atoms with Gasteiger partial charge in [-0.15, -0.1) is 11.3 Å². The quantitative estimate of drug-likeness (QED) is 0.796. The molecule has 2 amide bonds. The van der Waals surface area contributed by atoms with Crippen LogP contribution in [0, 0.1) is 6.92 Å². The third kappa shape index (κ3) is 2.36. The maximum atomic E-state index is 11.5. The minimum atomic E-state index is -0.0807. The van der Waals surface area contributed by atoms with Crippen molar-refractivity contribution in [2.45, 2.75) is 13.5 Å². The van der Waals surface area contributed by atoms with Crippen molar-refractivity contribution in [3.63, 3.8) is 0 Å². The van der Waals surface area contributed by atoms with Crippen molar-refractivity contribution < 1.29 is 9.59 Å². The number of nitrogens with one attached hydrogen (secondary N) is 1. The van der Waals surface area contributed by atoms with Gasteiger partial charge in [0, 0.05) is 9.75 Å². The molecular weight excluding hydrogens is 212 g/mol. The second-order valence-electron chi connectivity index (χ2n) is 3.54. The number of carbonyl (C=O) groups excluding carboxylic acids is 2. The zero-order chi connectivity index (χ0) is 10.8. The Morgan fingerprint density at radius 3 is 2.93 bits per heavy atom. The number of carbonyl (C=O) groups is 2. The summed E-state index contributed by atoms with van der Waals surface area (Å²) in [6, 6.07) is 4.02. The molecule has 2 heterocycles. The second-order valence-corrected chi connectivity index (χ2v) is 4.91. The maximum Gasteiger partial charge on any atom is 0.242 e. The molecule has 0 spiro atoms. The molecule has 0 unspecified atom stereocenters. The first-order valence-corrected chi connectivity index (χ1v) is 5.56. The van der Waals surface area contributed by atoms with E-state index in [0.717, 1.165) is 4.88 Å². The number of thiophene rings is 1. The van der Waals surface area contributed by atoms with Gasteiger partial charge in [0.1, 0.15) is 0 Å². The lowest BCUT2D eigenvalue weighted by Gasteiger charge is -2.25. The number of piperazine rings is 1. The van der Waals surface area contributed by atoms with E-state index in [-0.39, 0.29) is 24.9 Å². The molecule has 15 heavy (non-hydrogen) atoms. The Morgan fingerprint density at radius 2 is 2.27 bits per heavy atom. The number of hydrogen-bond donors (Lipinski definition) is 1. The summed E-state index contributed by atoms with van der Waals surface area (Å²) in [5.41, 5.74) is 0. The summed E-state index contributed by atoms with van der Waals surface area (Å²) in [7, 11) is 0. The third-order valence-corrected chi connectivity index (χ3v) is 3.25. The minimum Gasteiger partial charge on any atom is -0.345 e. The molecule has 4 nitrogen and oxygen atoms in total. The van der Waals surface area contributed by atoms with Gasteiger partial charge in [-0.3, -0.25) is 9.59 Å². The van der Waals surface area contributed by atoms with Gasteiger partial charge in [0.15, 0.2) is 0 Å². The number of amides is 2. The van der Waals surface area contributed by atoms with Crippen LogP contribution in [-0.2, 0) is 16.1 Å². The molecule has 1 aromatic rings. The van der Waals surface area contributed by atoms with Gasteiger partial charge in [0.2, 0.25) is 11.8 Å². The Balaban J connectivity index is 2.04. The van der Waals surface area contributed by atoms with E-state index >= 15 is 0 Å². The Hall–Kier alpha value is -1.36. The highest BCUT2D eigenvalue weighted by Gasteiger charge is 2.23. The fourth-order valence-corrected chi connectivity index (χ4v) is 2.41. The van der Waals surface area contributed by atoms with Crippen molar-refractivity contribution in [1.82, 2.24) is 10.2 Å². The van der Waals surface area contributed by atoms with E-state index in [1.165, 1.54) is 4.88 Å². The summed E-state index contributed by atoms with van der Waals surface area (Å²) >= 11 is 1.66. The Labute approximate surface area is 91.9 Å². The van der Waals surface area contributed by atoms with E-state index in [2.05, 4.69) is 5.32 Å². The summed E-state index contributed by atoms with van der Waals surface area (Å²) in [5.74, 6) is -0.0940. The largest absolute Gasteiger partial charge is 0.345 e. The molecule has 1 N–H and O–H groups in total. The van der Waals surface area contributed by atoms with Crippen LogP contribution in [0.25, 0.3) is 0 Å². The fraction of sp³-hybridized carbons (Fsp3) is 0.400. The lowest BCUT2D eigenvalue weighted by molar-refractivity contribution is -0.141. The van der Waals surface area contributed by atoms with Crippen molar-refractivity contribution in [3.05, 3.63) is 21.9 Å². The van der Waals surface area contributed by atoms with Crippen LogP contribution in [0.4, 0.5) is 0 Å². The number of nitrogens with zero attached hydrogens (tertiary/aromatic N) is 1. The van der Waals surface area contributed by atoms with Gasteiger partial charge in [-0.05, 0) is 19.1 Å². The van der Waals surface area contributed by atoms with Gasteiger partial charge in [-0.1, -0.05) is 0 Å². The van der Waals surface area contributed by atoms with E-state index in [0.29, 0.717) is 6.54 Å². The van der Waals surface area contributed by atoms with Gasteiger partial charge in [0.25, 0.3) is 0 Å². The summed E-state index contributed by atoms with van der Waals surface area (Å²) in [5, 5.41) is 2.53. The molecule has 5 heteroatoms. The number of rotatable bonds is 2. The highest BCUT2D eigenvalue weighted by Crippen LogP contribution is 2.17. The fourth-order valence-electron chi connectivity index (χ4n) is 1.51. The Morgan fingerprint density at radius 1 is 1.47 bits per heavy atom. The second kappa shape index (κ2) is 4.02. The monoisotopic (exact) mass is 224 g/mol. The number of aryl methyl sites for hydroxylation is 1. The molecule has 0 aromatic carbocycles. The van der Waals surface area contributed by atoms with Gasteiger partial charge in [-0.25, -0.2) is 0 Å². The predicted molar refractivity (Wildman–Crippen MR) is 57.5 cm³/mol. The van der Waals surface area contributed by atoms with Crippen LogP contribution in [-0.4, -0.2) is 29.8 Å². The van der Waals surface area contributed by atoms with Gasteiger partial charge in [-0.2, -0.15) is 0 Å². The molecule has 1 saturated heterocycles. The van der Waals surface area contributed by atoms with E-state index in [1.54, 1.807) is 16.2 Å². The first-order valence-electron chi connectivity index (χ1n) is 4.75. The van der Waals surface area contributed by atoms with Crippen LogP contribution in [0.15, 0.2) is 12.1 Å². The van der Waals surface area contributed by atoms with Crippen LogP contribution in [0.5, 0.6) is 0 Å². The molecule has 1 fully saturated rings. The van der Waals surface area contributed by atoms with Crippen LogP contribution in [0.1, 0.15) is 9.75 Å². The SMILES string of the molecule is Cc1ccc(CN2CC(=O)NCC2=O)s1. The van der Waals surface area contributed by atoms with Crippen molar-refractivity contribution in [3.8, 4) is 0 Å². The molecule has 0 saturated carbocycles. The summed E-state index contributed by atoms with van der Waals surface area (Å²) < 4.78 is 0. The average molecular weight is 224 g/mol. The molecule has 1 aliphatic heterocycles. The van der Waals surface area contributed by atoms with Crippen molar-refractivity contribution in [2.75, 3.05) is 13.1 Å². The van der Waals surface area contributed by atoms with Crippen LogP contribution in [0.2, 0.25) is 0 Å². The molecule has 0 radical (unpaired) electrons. The maximum absolute atomic E-state index is 11.5. The van der Waals surface area contributed by atoms with E-state index in [9.17, 15) is 9.59 Å².